The first-order valence-corrected chi connectivity index (χ1v) is 24.5. The number of hydrogen-bond donors (Lipinski definition) is 5. The molecule has 0 aliphatic heterocycles. The van der Waals surface area contributed by atoms with Crippen LogP contribution in [0.3, 0.4) is 0 Å². The van der Waals surface area contributed by atoms with Gasteiger partial charge in [0.05, 0.1) is 32.5 Å². The van der Waals surface area contributed by atoms with Crippen LogP contribution < -0.4 is 49.1 Å². The quantitative estimate of drug-likeness (QED) is 0.0217. The molecule has 2 aromatic heterocycles. The Bertz CT molecular complexity index is 3170. The summed E-state index contributed by atoms with van der Waals surface area (Å²) in [5.41, 5.74) is 0.431. The molecule has 7 rings (SSSR count). The number of thiazole rings is 2. The molecule has 0 fully saturated rings. The number of hydrogen-bond acceptors (Lipinski definition) is 17. The van der Waals surface area contributed by atoms with Crippen molar-refractivity contribution in [3.05, 3.63) is 126 Å². The van der Waals surface area contributed by atoms with E-state index in [-0.39, 0.29) is 106 Å². The van der Waals surface area contributed by atoms with Crippen molar-refractivity contribution in [1.29, 1.82) is 0 Å². The van der Waals surface area contributed by atoms with E-state index in [1.807, 2.05) is 0 Å². The van der Waals surface area contributed by atoms with Gasteiger partial charge in [-0.1, -0.05) is 70.7 Å². The van der Waals surface area contributed by atoms with E-state index in [4.69, 9.17) is 61.4 Å². The van der Waals surface area contributed by atoms with E-state index in [9.17, 15) is 31.2 Å². The molecule has 67 heavy (non-hydrogen) atoms. The summed E-state index contributed by atoms with van der Waals surface area (Å²) in [7, 11) is -7.91. The standard InChI is InChI=1S/C32H21Cl4N9O7S4.C7H6O3.Na/c33-27(34)29(46)39-22-3-1-2-21-25(22)23(42-40-17-4-8-19(9-5-17)55(48,49)44-31-37-12-14-53-31)16-24(26(21)52-30(47)28(35)36)43-41-18-6-10-20(11-7-18)56(50,51)45-32-38-13-15-54-32;8-6-4-2-1-3-5(6)7(9)10;/h1-16,27-28H,(H,37,44)(H,38,45)(H,39,46);1-4,8H,(H,9,10);/q;;+1. The van der Waals surface area contributed by atoms with Crippen molar-refractivity contribution in [3.63, 3.8) is 0 Å². The van der Waals surface area contributed by atoms with Gasteiger partial charge in [-0.05, 0) is 72.8 Å². The summed E-state index contributed by atoms with van der Waals surface area (Å²) in [6.45, 7) is 0. The number of aromatic hydroxyl groups is 1. The fraction of sp³-hybridized carbons (Fsp3) is 0.0513. The summed E-state index contributed by atoms with van der Waals surface area (Å²) in [5.74, 6) is -3.37. The first kappa shape index (κ1) is 52.7. The number of halogens is 4. The number of fused-ring (bicyclic) bond motifs is 1. The van der Waals surface area contributed by atoms with Gasteiger partial charge < -0.3 is 20.3 Å². The maximum atomic E-state index is 12.8. The van der Waals surface area contributed by atoms with Gasteiger partial charge in [0.2, 0.25) is 4.84 Å². The van der Waals surface area contributed by atoms with E-state index >= 15 is 0 Å². The number of benzene rings is 5. The topological polar surface area (TPSA) is 280 Å². The van der Waals surface area contributed by atoms with Gasteiger partial charge in [-0.25, -0.2) is 36.4 Å². The maximum absolute atomic E-state index is 12.8. The third-order valence-corrected chi connectivity index (χ3v) is 13.3. The van der Waals surface area contributed by atoms with E-state index in [1.54, 1.807) is 22.9 Å². The first-order valence-electron chi connectivity index (χ1n) is 18.0. The summed E-state index contributed by atoms with van der Waals surface area (Å²) < 4.78 is 61.6. The van der Waals surface area contributed by atoms with Crippen molar-refractivity contribution in [2.45, 2.75) is 19.5 Å². The van der Waals surface area contributed by atoms with Crippen LogP contribution in [0.15, 0.2) is 150 Å². The minimum atomic E-state index is -3.95. The van der Waals surface area contributed by atoms with Crippen LogP contribution in [0.2, 0.25) is 0 Å². The van der Waals surface area contributed by atoms with Crippen LogP contribution in [0.5, 0.6) is 11.5 Å². The number of sulfonamides is 2. The second-order valence-electron chi connectivity index (χ2n) is 12.6. The molecular weight excluding hydrogens is 1050 g/mol. The summed E-state index contributed by atoms with van der Waals surface area (Å²) in [6, 6.07) is 22.5. The van der Waals surface area contributed by atoms with Crippen molar-refractivity contribution in [2.24, 2.45) is 20.5 Å². The first-order chi connectivity index (χ1) is 31.4. The predicted octanol–water partition coefficient (Wildman–Crippen LogP) is 7.73. The van der Waals surface area contributed by atoms with Crippen LogP contribution in [0, 0.1) is 0 Å². The third kappa shape index (κ3) is 14.1. The zero-order valence-corrected chi connectivity index (χ0v) is 42.0. The van der Waals surface area contributed by atoms with Crippen LogP contribution in [0.25, 0.3) is 10.8 Å². The SMILES string of the molecule is O=C(Nc1cccc2c(OC(=O)C(Cl)Cl)c(N=Nc3ccc(S(=O)(=O)Nc4nccs4)cc3)cc(N=Nc3ccc(S(=O)(=O)Nc4nccs4)cc3)c12)C(Cl)Cl.O=C(O)c1ccccc1O.[Na+]. The molecule has 5 N–H and O–H groups in total. The summed E-state index contributed by atoms with van der Waals surface area (Å²) in [4.78, 5) is 40.3. The number of alkyl halides is 4. The van der Waals surface area contributed by atoms with Crippen LogP contribution in [-0.2, 0) is 29.6 Å². The van der Waals surface area contributed by atoms with Crippen LogP contribution in [0.1, 0.15) is 10.4 Å². The Morgan fingerprint density at radius 1 is 0.672 bits per heavy atom. The smallest absolute Gasteiger partial charge is 0.507 e. The Morgan fingerprint density at radius 2 is 1.19 bits per heavy atom. The number of aromatic carboxylic acids is 1. The summed E-state index contributed by atoms with van der Waals surface area (Å²) in [6.07, 6.45) is 2.92. The molecule has 28 heteroatoms. The Labute approximate surface area is 430 Å². The van der Waals surface area contributed by atoms with E-state index in [2.05, 4.69) is 45.2 Å². The molecule has 0 saturated carbocycles. The second kappa shape index (κ2) is 23.6. The molecule has 0 unspecified atom stereocenters. The van der Waals surface area contributed by atoms with Crippen molar-refractivity contribution in [1.82, 2.24) is 9.97 Å². The number of carbonyl (C=O) groups is 3. The number of nitrogens with zero attached hydrogens (tertiary/aromatic N) is 6. The molecule has 5 aromatic carbocycles. The Kier molecular flexibility index (Phi) is 18.6. The fourth-order valence-corrected chi connectivity index (χ4v) is 9.05. The molecule has 0 saturated heterocycles. The third-order valence-electron chi connectivity index (χ3n) is 8.19. The molecule has 2 heterocycles. The van der Waals surface area contributed by atoms with Crippen molar-refractivity contribution in [2.75, 3.05) is 14.8 Å². The minimum Gasteiger partial charge on any atom is -0.507 e. The van der Waals surface area contributed by atoms with Gasteiger partial charge in [-0.15, -0.1) is 32.9 Å². The maximum Gasteiger partial charge on any atom is 1.00 e. The molecule has 340 valence electrons. The van der Waals surface area contributed by atoms with Crippen molar-refractivity contribution in [3.8, 4) is 11.5 Å². The number of esters is 1. The van der Waals surface area contributed by atoms with Gasteiger partial charge in [0.25, 0.3) is 26.0 Å². The molecule has 19 nitrogen and oxygen atoms in total. The van der Waals surface area contributed by atoms with Gasteiger partial charge in [0.15, 0.2) is 20.8 Å². The van der Waals surface area contributed by atoms with Crippen molar-refractivity contribution >= 4 is 156 Å². The Hall–Kier alpha value is -5.31. The molecule has 1 amide bonds. The number of phenols is 1. The molecule has 0 bridgehead atoms. The molecule has 0 aliphatic rings. The normalized spacial score (nSPS) is 11.6. The number of carboxylic acid groups (broad SMARTS) is 1. The summed E-state index contributed by atoms with van der Waals surface area (Å²) >= 11 is 25.5. The number of carboxylic acids is 1. The van der Waals surface area contributed by atoms with Gasteiger partial charge in [0.1, 0.15) is 17.0 Å². The van der Waals surface area contributed by atoms with E-state index in [0.717, 1.165) is 22.7 Å². The Balaban J connectivity index is 0.000000677. The monoisotopic (exact) mass is 1070 g/mol. The van der Waals surface area contributed by atoms with Crippen LogP contribution >= 0.6 is 69.1 Å². The predicted molar refractivity (Wildman–Crippen MR) is 251 cm³/mol. The average molecular weight is 1070 g/mol. The largest absolute Gasteiger partial charge is 1.00 e. The number of azo groups is 2. The molecular formula is C39H27Cl4N9NaO10S4+. The number of anilines is 3. The van der Waals surface area contributed by atoms with E-state index < -0.39 is 47.6 Å². The average Bonchev–Trinajstić information content (AvgIpc) is 4.00. The van der Waals surface area contributed by atoms with Gasteiger partial charge in [0, 0.05) is 33.9 Å². The van der Waals surface area contributed by atoms with Crippen molar-refractivity contribution < 1.29 is 75.7 Å². The summed E-state index contributed by atoms with van der Waals surface area (Å²) in [5, 5.41) is 41.0. The number of ether oxygens (including phenoxy) is 1. The fourth-order valence-electron chi connectivity index (χ4n) is 5.28. The van der Waals surface area contributed by atoms with E-state index in [1.165, 1.54) is 97.3 Å². The number of carbonyl (C=O) groups excluding carboxylic acids is 2. The zero-order chi connectivity index (χ0) is 47.6. The number of rotatable bonds is 15. The number of aromatic nitrogens is 2. The second-order valence-corrected chi connectivity index (χ2v) is 19.9. The molecule has 0 radical (unpaired) electrons. The van der Waals surface area contributed by atoms with Gasteiger partial charge in [-0.2, -0.15) is 10.2 Å². The minimum absolute atomic E-state index is 0. The van der Waals surface area contributed by atoms with E-state index in [0.29, 0.717) is 0 Å². The number of nitrogens with one attached hydrogen (secondary N) is 3. The van der Waals surface area contributed by atoms with Crippen LogP contribution in [0.4, 0.5) is 38.7 Å². The molecule has 0 atom stereocenters. The van der Waals surface area contributed by atoms with Gasteiger partial charge >= 0.3 is 41.5 Å². The number of para-hydroxylation sites is 1. The molecule has 0 aliphatic carbocycles. The zero-order valence-electron chi connectivity index (χ0n) is 33.7. The molecule has 0 spiro atoms. The van der Waals surface area contributed by atoms with Crippen LogP contribution in [-0.4, -0.2) is 64.5 Å². The molecule has 7 aromatic rings. The van der Waals surface area contributed by atoms with Gasteiger partial charge in [-0.3, -0.25) is 14.2 Å². The number of amides is 1. The Morgan fingerprint density at radius 3 is 1.64 bits per heavy atom.